The summed E-state index contributed by atoms with van der Waals surface area (Å²) >= 11 is 10.5. The Hall–Kier alpha value is -1.73. The molecule has 1 rings (SSSR count). The number of hydrogen-bond donors (Lipinski definition) is 3. The Labute approximate surface area is 133 Å². The van der Waals surface area contributed by atoms with Gasteiger partial charge in [-0.2, -0.15) is 0 Å². The van der Waals surface area contributed by atoms with Crippen LogP contribution < -0.4 is 26.1 Å². The van der Waals surface area contributed by atoms with E-state index >= 15 is 0 Å². The third-order valence-electron chi connectivity index (χ3n) is 2.16. The fraction of sp³-hybridized carbons (Fsp3) is 0.385. The van der Waals surface area contributed by atoms with Crippen molar-refractivity contribution in [3.63, 3.8) is 0 Å². The lowest BCUT2D eigenvalue weighted by molar-refractivity contribution is -0.123. The number of amides is 1. The first-order valence-electron chi connectivity index (χ1n) is 6.28. The second-order valence-electron chi connectivity index (χ2n) is 4.62. The van der Waals surface area contributed by atoms with E-state index in [4.69, 9.17) is 26.8 Å². The predicted octanol–water partition coefficient (Wildman–Crippen LogP) is 1.62. The lowest BCUT2D eigenvalue weighted by Gasteiger charge is -2.14. The van der Waals surface area contributed by atoms with Gasteiger partial charge in [-0.1, -0.05) is 25.4 Å². The summed E-state index contributed by atoms with van der Waals surface area (Å²) in [5.74, 6) is 0.862. The number of thiocarbonyl (C=S) groups is 1. The highest BCUT2D eigenvalue weighted by Gasteiger charge is 2.10. The van der Waals surface area contributed by atoms with Crippen LogP contribution in [0.25, 0.3) is 0 Å². The molecule has 116 valence electrons. The number of hydrazine groups is 1. The zero-order valence-corrected chi connectivity index (χ0v) is 13.4. The van der Waals surface area contributed by atoms with Gasteiger partial charge in [0.15, 0.2) is 23.2 Å². The maximum Gasteiger partial charge on any atom is 0.276 e. The molecule has 1 amide bonds. The van der Waals surface area contributed by atoms with E-state index in [9.17, 15) is 4.79 Å². The van der Waals surface area contributed by atoms with Gasteiger partial charge in [-0.3, -0.25) is 15.6 Å². The van der Waals surface area contributed by atoms with E-state index in [2.05, 4.69) is 23.1 Å². The number of benzene rings is 1. The van der Waals surface area contributed by atoms with Crippen LogP contribution in [0.5, 0.6) is 11.5 Å². The minimum atomic E-state index is -0.433. The highest BCUT2D eigenvalue weighted by atomic mass is 35.5. The maximum absolute atomic E-state index is 11.5. The number of carbonyl (C=O) groups is 1. The van der Waals surface area contributed by atoms with Gasteiger partial charge >= 0.3 is 0 Å². The van der Waals surface area contributed by atoms with Gasteiger partial charge in [0.2, 0.25) is 0 Å². The molecule has 0 saturated carbocycles. The monoisotopic (exact) mass is 331 g/mol. The summed E-state index contributed by atoms with van der Waals surface area (Å²) in [4.78, 5) is 11.5. The molecule has 0 unspecified atom stereocenters. The molecule has 0 saturated heterocycles. The zero-order chi connectivity index (χ0) is 15.8. The normalized spacial score (nSPS) is 10.1. The van der Waals surface area contributed by atoms with Crippen molar-refractivity contribution in [2.24, 2.45) is 11.7 Å². The van der Waals surface area contributed by atoms with Crippen LogP contribution in [0.15, 0.2) is 18.2 Å². The van der Waals surface area contributed by atoms with Gasteiger partial charge in [0, 0.05) is 11.1 Å². The smallest absolute Gasteiger partial charge is 0.276 e. The molecule has 21 heavy (non-hydrogen) atoms. The molecule has 6 nitrogen and oxygen atoms in total. The van der Waals surface area contributed by atoms with Gasteiger partial charge in [0.05, 0.1) is 6.61 Å². The van der Waals surface area contributed by atoms with Gasteiger partial charge in [0.1, 0.15) is 0 Å². The van der Waals surface area contributed by atoms with Gasteiger partial charge in [-0.05, 0) is 30.3 Å². The van der Waals surface area contributed by atoms with Crippen molar-refractivity contribution >= 4 is 34.8 Å². The number of nitrogens with one attached hydrogen (secondary N) is 2. The zero-order valence-electron chi connectivity index (χ0n) is 11.8. The summed E-state index contributed by atoms with van der Waals surface area (Å²) in [5.41, 5.74) is 9.79. The minimum Gasteiger partial charge on any atom is -0.489 e. The van der Waals surface area contributed by atoms with Gasteiger partial charge in [-0.25, -0.2) is 0 Å². The van der Waals surface area contributed by atoms with Crippen LogP contribution in [-0.4, -0.2) is 24.2 Å². The molecule has 1 aromatic carbocycles. The Bertz CT molecular complexity index is 511. The quantitative estimate of drug-likeness (QED) is 0.542. The number of hydrogen-bond acceptors (Lipinski definition) is 4. The van der Waals surface area contributed by atoms with E-state index in [0.717, 1.165) is 0 Å². The number of halogens is 1. The summed E-state index contributed by atoms with van der Waals surface area (Å²) in [5, 5.41) is 0.454. The topological polar surface area (TPSA) is 85.6 Å². The third kappa shape index (κ3) is 7.01. The average Bonchev–Trinajstić information content (AvgIpc) is 2.41. The first-order chi connectivity index (χ1) is 9.88. The lowest BCUT2D eigenvalue weighted by atomic mass is 10.2. The van der Waals surface area contributed by atoms with Gasteiger partial charge in [0.25, 0.3) is 5.91 Å². The summed E-state index contributed by atoms with van der Waals surface area (Å²) in [6, 6.07) is 4.98. The molecular weight excluding hydrogens is 314 g/mol. The summed E-state index contributed by atoms with van der Waals surface area (Å²) in [7, 11) is 0. The predicted molar refractivity (Wildman–Crippen MR) is 85.3 cm³/mol. The Morgan fingerprint density at radius 1 is 1.33 bits per heavy atom. The SMILES string of the molecule is CC(C)COc1ccc(Cl)cc1OCC(=O)NNC(N)=S. The second-order valence-corrected chi connectivity index (χ2v) is 5.50. The molecule has 0 aliphatic rings. The Kier molecular flexibility index (Phi) is 7.04. The van der Waals surface area contributed by atoms with Crippen molar-refractivity contribution in [2.45, 2.75) is 13.8 Å². The molecule has 4 N–H and O–H groups in total. The van der Waals surface area contributed by atoms with Crippen LogP contribution in [0.3, 0.4) is 0 Å². The minimum absolute atomic E-state index is 0.0351. The van der Waals surface area contributed by atoms with E-state index in [1.807, 2.05) is 13.8 Å². The second kappa shape index (κ2) is 8.53. The van der Waals surface area contributed by atoms with Crippen molar-refractivity contribution in [1.82, 2.24) is 10.9 Å². The van der Waals surface area contributed by atoms with Crippen LogP contribution in [0, 0.1) is 5.92 Å². The van der Waals surface area contributed by atoms with Crippen LogP contribution in [-0.2, 0) is 4.79 Å². The van der Waals surface area contributed by atoms with Crippen LogP contribution in [0.1, 0.15) is 13.8 Å². The van der Waals surface area contributed by atoms with E-state index < -0.39 is 5.91 Å². The maximum atomic E-state index is 11.5. The molecule has 0 bridgehead atoms. The van der Waals surface area contributed by atoms with Crippen molar-refractivity contribution in [2.75, 3.05) is 13.2 Å². The van der Waals surface area contributed by atoms with Crippen LogP contribution in [0.2, 0.25) is 5.02 Å². The Morgan fingerprint density at radius 2 is 2.05 bits per heavy atom. The molecule has 0 aliphatic carbocycles. The van der Waals surface area contributed by atoms with E-state index in [1.54, 1.807) is 18.2 Å². The molecule has 0 heterocycles. The van der Waals surface area contributed by atoms with Crippen molar-refractivity contribution in [3.05, 3.63) is 23.2 Å². The molecule has 0 aromatic heterocycles. The van der Waals surface area contributed by atoms with E-state index in [-0.39, 0.29) is 11.7 Å². The fourth-order valence-corrected chi connectivity index (χ4v) is 1.49. The Balaban J connectivity index is 2.61. The van der Waals surface area contributed by atoms with Crippen molar-refractivity contribution in [3.8, 4) is 11.5 Å². The molecule has 0 atom stereocenters. The molecule has 0 fully saturated rings. The number of nitrogens with two attached hydrogens (primary N) is 1. The molecule has 1 aromatic rings. The summed E-state index contributed by atoms with van der Waals surface area (Å²) in [6.45, 7) is 4.37. The van der Waals surface area contributed by atoms with E-state index in [0.29, 0.717) is 29.0 Å². The van der Waals surface area contributed by atoms with Crippen LogP contribution in [0.4, 0.5) is 0 Å². The third-order valence-corrected chi connectivity index (χ3v) is 2.50. The molecule has 0 aliphatic heterocycles. The summed E-state index contributed by atoms with van der Waals surface area (Å²) < 4.78 is 11.0. The lowest BCUT2D eigenvalue weighted by Crippen LogP contribution is -2.46. The Morgan fingerprint density at radius 3 is 2.67 bits per heavy atom. The number of ether oxygens (including phenoxy) is 2. The van der Waals surface area contributed by atoms with Crippen molar-refractivity contribution < 1.29 is 14.3 Å². The largest absolute Gasteiger partial charge is 0.489 e. The number of carbonyl (C=O) groups excluding carboxylic acids is 1. The molecule has 0 spiro atoms. The van der Waals surface area contributed by atoms with Gasteiger partial charge in [-0.15, -0.1) is 0 Å². The average molecular weight is 332 g/mol. The highest BCUT2D eigenvalue weighted by Crippen LogP contribution is 2.30. The standard InChI is InChI=1S/C13H18ClN3O3S/c1-8(2)6-19-10-4-3-9(14)5-11(10)20-7-12(18)16-17-13(15)21/h3-5,8H,6-7H2,1-2H3,(H,16,18)(H3,15,17,21). The first-order valence-corrected chi connectivity index (χ1v) is 7.06. The highest BCUT2D eigenvalue weighted by molar-refractivity contribution is 7.80. The molecule has 0 radical (unpaired) electrons. The first kappa shape index (κ1) is 17.3. The fourth-order valence-electron chi connectivity index (χ4n) is 1.28. The molecular formula is C13H18ClN3O3S. The summed E-state index contributed by atoms with van der Waals surface area (Å²) in [6.07, 6.45) is 0. The van der Waals surface area contributed by atoms with E-state index in [1.165, 1.54) is 0 Å². The van der Waals surface area contributed by atoms with Crippen molar-refractivity contribution in [1.29, 1.82) is 0 Å². The molecule has 8 heteroatoms. The van der Waals surface area contributed by atoms with Crippen LogP contribution >= 0.6 is 23.8 Å². The number of rotatable bonds is 6. The van der Waals surface area contributed by atoms with Gasteiger partial charge < -0.3 is 15.2 Å².